The van der Waals surface area contributed by atoms with Crippen LogP contribution in [0.3, 0.4) is 0 Å². The van der Waals surface area contributed by atoms with E-state index in [-0.39, 0.29) is 24.3 Å². The maximum absolute atomic E-state index is 12.9. The molecule has 25 heavy (non-hydrogen) atoms. The van der Waals surface area contributed by atoms with Crippen LogP contribution in [0.5, 0.6) is 5.75 Å². The van der Waals surface area contributed by atoms with Crippen molar-refractivity contribution in [3.8, 4) is 5.75 Å². The van der Waals surface area contributed by atoms with Crippen LogP contribution in [0.25, 0.3) is 0 Å². The molecule has 2 aromatic rings. The van der Waals surface area contributed by atoms with Crippen LogP contribution in [0.1, 0.15) is 17.5 Å². The lowest BCUT2D eigenvalue weighted by Crippen LogP contribution is -2.44. The predicted octanol–water partition coefficient (Wildman–Crippen LogP) is 2.39. The van der Waals surface area contributed by atoms with Crippen molar-refractivity contribution in [2.75, 3.05) is 18.6 Å². The molecule has 0 radical (unpaired) electrons. The Bertz CT molecular complexity index is 833. The van der Waals surface area contributed by atoms with E-state index in [4.69, 9.17) is 4.74 Å². The highest BCUT2D eigenvalue weighted by Gasteiger charge is 2.43. The molecule has 0 saturated carbocycles. The second-order valence-electron chi connectivity index (χ2n) is 6.48. The molecule has 4 rings (SSSR count). The van der Waals surface area contributed by atoms with E-state index in [0.717, 1.165) is 13.0 Å². The van der Waals surface area contributed by atoms with Gasteiger partial charge in [-0.25, -0.2) is 4.90 Å². The molecule has 5 nitrogen and oxygen atoms in total. The fourth-order valence-electron chi connectivity index (χ4n) is 3.71. The van der Waals surface area contributed by atoms with Crippen molar-refractivity contribution in [2.45, 2.75) is 25.4 Å². The van der Waals surface area contributed by atoms with Gasteiger partial charge in [0.2, 0.25) is 5.91 Å². The number of hydrogen-bond acceptors (Lipinski definition) is 4. The van der Waals surface area contributed by atoms with Gasteiger partial charge in [-0.15, -0.1) is 0 Å². The molecule has 2 aromatic carbocycles. The quantitative estimate of drug-likeness (QED) is 0.808. The summed E-state index contributed by atoms with van der Waals surface area (Å²) < 4.78 is 5.21. The van der Waals surface area contributed by atoms with E-state index in [0.29, 0.717) is 18.0 Å². The van der Waals surface area contributed by atoms with Gasteiger partial charge in [-0.1, -0.05) is 30.3 Å². The Morgan fingerprint density at radius 2 is 1.84 bits per heavy atom. The van der Waals surface area contributed by atoms with E-state index in [1.807, 2.05) is 12.1 Å². The maximum Gasteiger partial charge on any atom is 0.251 e. The van der Waals surface area contributed by atoms with E-state index < -0.39 is 0 Å². The lowest BCUT2D eigenvalue weighted by Gasteiger charge is -2.32. The van der Waals surface area contributed by atoms with Crippen molar-refractivity contribution in [2.24, 2.45) is 0 Å². The van der Waals surface area contributed by atoms with Gasteiger partial charge >= 0.3 is 0 Å². The van der Waals surface area contributed by atoms with E-state index in [1.165, 1.54) is 16.0 Å². The zero-order chi connectivity index (χ0) is 17.4. The number of fused-ring (bicyclic) bond motifs is 1. The van der Waals surface area contributed by atoms with Crippen LogP contribution in [-0.4, -0.2) is 36.4 Å². The summed E-state index contributed by atoms with van der Waals surface area (Å²) >= 11 is 0. The monoisotopic (exact) mass is 336 g/mol. The van der Waals surface area contributed by atoms with Crippen LogP contribution < -0.4 is 9.64 Å². The smallest absolute Gasteiger partial charge is 0.251 e. The van der Waals surface area contributed by atoms with Crippen LogP contribution in [-0.2, 0) is 22.6 Å². The zero-order valence-electron chi connectivity index (χ0n) is 14.1. The fraction of sp³-hybridized carbons (Fsp3) is 0.300. The molecule has 0 aromatic heterocycles. The summed E-state index contributed by atoms with van der Waals surface area (Å²) in [6.45, 7) is 1.51. The minimum Gasteiger partial charge on any atom is -0.497 e. The predicted molar refractivity (Wildman–Crippen MR) is 94.4 cm³/mol. The Balaban J connectivity index is 1.57. The number of hydrogen-bond donors (Lipinski definition) is 0. The Hall–Kier alpha value is -2.66. The molecule has 2 aliphatic rings. The van der Waals surface area contributed by atoms with Crippen molar-refractivity contribution in [1.82, 2.24) is 4.90 Å². The van der Waals surface area contributed by atoms with Crippen LogP contribution >= 0.6 is 0 Å². The average molecular weight is 336 g/mol. The third kappa shape index (κ3) is 2.81. The lowest BCUT2D eigenvalue weighted by atomic mass is 9.98. The number of rotatable bonds is 3. The molecule has 2 amide bonds. The minimum atomic E-state index is -0.382. The topological polar surface area (TPSA) is 49.9 Å². The minimum absolute atomic E-state index is 0.141. The summed E-state index contributed by atoms with van der Waals surface area (Å²) in [4.78, 5) is 28.9. The van der Waals surface area contributed by atoms with Crippen LogP contribution in [0.2, 0.25) is 0 Å². The van der Waals surface area contributed by atoms with Gasteiger partial charge < -0.3 is 4.74 Å². The Morgan fingerprint density at radius 3 is 2.64 bits per heavy atom. The summed E-state index contributed by atoms with van der Waals surface area (Å²) in [5.74, 6) is 0.341. The molecule has 0 spiro atoms. The Labute approximate surface area is 146 Å². The lowest BCUT2D eigenvalue weighted by molar-refractivity contribution is -0.123. The molecular formula is C20H20N2O3. The number of carbonyl (C=O) groups excluding carboxylic acids is 2. The van der Waals surface area contributed by atoms with E-state index in [1.54, 1.807) is 31.4 Å². The number of methoxy groups -OCH3 is 1. The molecule has 5 heteroatoms. The van der Waals surface area contributed by atoms with Gasteiger partial charge in [-0.2, -0.15) is 0 Å². The van der Waals surface area contributed by atoms with Gasteiger partial charge in [0.15, 0.2) is 0 Å². The van der Waals surface area contributed by atoms with E-state index in [9.17, 15) is 9.59 Å². The van der Waals surface area contributed by atoms with E-state index >= 15 is 0 Å². The summed E-state index contributed by atoms with van der Waals surface area (Å²) in [7, 11) is 1.57. The van der Waals surface area contributed by atoms with Crippen molar-refractivity contribution in [3.05, 3.63) is 59.7 Å². The van der Waals surface area contributed by atoms with Gasteiger partial charge in [0.05, 0.1) is 25.3 Å². The van der Waals surface area contributed by atoms with Gasteiger partial charge in [0.1, 0.15) is 5.75 Å². The third-order valence-electron chi connectivity index (χ3n) is 5.04. The highest BCUT2D eigenvalue weighted by molar-refractivity contribution is 6.22. The van der Waals surface area contributed by atoms with E-state index in [2.05, 4.69) is 17.0 Å². The summed E-state index contributed by atoms with van der Waals surface area (Å²) in [5, 5.41) is 0. The Kier molecular flexibility index (Phi) is 4.01. The zero-order valence-corrected chi connectivity index (χ0v) is 14.1. The fourth-order valence-corrected chi connectivity index (χ4v) is 3.71. The molecule has 0 aliphatic carbocycles. The van der Waals surface area contributed by atoms with Crippen LogP contribution in [0.4, 0.5) is 5.69 Å². The number of ether oxygens (including phenoxy) is 1. The van der Waals surface area contributed by atoms with Gasteiger partial charge in [0.25, 0.3) is 5.91 Å². The number of nitrogens with zero attached hydrogens (tertiary/aromatic N) is 2. The first-order chi connectivity index (χ1) is 12.2. The molecule has 0 N–H and O–H groups in total. The average Bonchev–Trinajstić information content (AvgIpc) is 2.95. The van der Waals surface area contributed by atoms with Gasteiger partial charge in [-0.05, 0) is 29.7 Å². The first-order valence-corrected chi connectivity index (χ1v) is 8.49. The summed E-state index contributed by atoms with van der Waals surface area (Å²) in [6.07, 6.45) is 1.14. The summed E-state index contributed by atoms with van der Waals surface area (Å²) in [5.41, 5.74) is 3.16. The number of amides is 2. The first kappa shape index (κ1) is 15.8. The van der Waals surface area contributed by atoms with Gasteiger partial charge in [-0.3, -0.25) is 14.5 Å². The normalized spacial score (nSPS) is 20.7. The molecule has 128 valence electrons. The number of anilines is 1. The second-order valence-corrected chi connectivity index (χ2v) is 6.48. The van der Waals surface area contributed by atoms with Crippen LogP contribution in [0, 0.1) is 0 Å². The molecule has 1 atom stereocenters. The second kappa shape index (κ2) is 6.33. The molecule has 2 heterocycles. The van der Waals surface area contributed by atoms with Crippen LogP contribution in [0.15, 0.2) is 48.5 Å². The summed E-state index contributed by atoms with van der Waals surface area (Å²) in [6, 6.07) is 15.0. The van der Waals surface area contributed by atoms with Crippen molar-refractivity contribution in [3.63, 3.8) is 0 Å². The van der Waals surface area contributed by atoms with Crippen molar-refractivity contribution < 1.29 is 14.3 Å². The van der Waals surface area contributed by atoms with Crippen molar-refractivity contribution >= 4 is 17.5 Å². The molecule has 0 bridgehead atoms. The maximum atomic E-state index is 12.9. The SMILES string of the molecule is COc1cccc(N2C(=O)C[C@H](N3CCc4ccccc4C3)C2=O)c1. The highest BCUT2D eigenvalue weighted by atomic mass is 16.5. The largest absolute Gasteiger partial charge is 0.497 e. The molecule has 2 aliphatic heterocycles. The first-order valence-electron chi connectivity index (χ1n) is 8.49. The number of carbonyl (C=O) groups is 2. The third-order valence-corrected chi connectivity index (χ3v) is 5.04. The number of imide groups is 1. The molecule has 1 saturated heterocycles. The molecule has 1 fully saturated rings. The molecular weight excluding hydrogens is 316 g/mol. The highest BCUT2D eigenvalue weighted by Crippen LogP contribution is 2.30. The standard InChI is InChI=1S/C20H20N2O3/c1-25-17-8-4-7-16(11-17)22-19(23)12-18(20(22)24)21-10-9-14-5-2-3-6-15(14)13-21/h2-8,11,18H,9-10,12-13H2,1H3/t18-/m0/s1. The Morgan fingerprint density at radius 1 is 1.04 bits per heavy atom. The van der Waals surface area contributed by atoms with Crippen molar-refractivity contribution in [1.29, 1.82) is 0 Å². The van der Waals surface area contributed by atoms with Gasteiger partial charge in [0, 0.05) is 19.2 Å². The molecule has 0 unspecified atom stereocenters. The number of benzene rings is 2.